The summed E-state index contributed by atoms with van der Waals surface area (Å²) in [7, 11) is 0. The van der Waals surface area contributed by atoms with Crippen LogP contribution in [0.25, 0.3) is 0 Å². The minimum absolute atomic E-state index is 0.632. The van der Waals surface area contributed by atoms with Gasteiger partial charge >= 0.3 is 0 Å². The van der Waals surface area contributed by atoms with E-state index in [9.17, 15) is 0 Å². The first kappa shape index (κ1) is 15.6. The lowest BCUT2D eigenvalue weighted by Crippen LogP contribution is -2.37. The second-order valence-electron chi connectivity index (χ2n) is 6.71. The van der Waals surface area contributed by atoms with Crippen LogP contribution in [0.4, 0.5) is 0 Å². The molecule has 1 heteroatoms. The van der Waals surface area contributed by atoms with E-state index in [1.807, 2.05) is 0 Å². The van der Waals surface area contributed by atoms with Crippen LogP contribution < -0.4 is 5.32 Å². The maximum absolute atomic E-state index is 3.80. The Hall–Kier alpha value is -0.820. The topological polar surface area (TPSA) is 12.0 Å². The number of hydrogen-bond acceptors (Lipinski definition) is 1. The van der Waals surface area contributed by atoms with E-state index in [0.717, 1.165) is 12.5 Å². The van der Waals surface area contributed by atoms with Crippen molar-refractivity contribution in [2.24, 2.45) is 5.92 Å². The predicted molar refractivity (Wildman–Crippen MR) is 88.3 cm³/mol. The van der Waals surface area contributed by atoms with Crippen LogP contribution in [-0.4, -0.2) is 12.6 Å². The van der Waals surface area contributed by atoms with E-state index in [2.05, 4.69) is 50.4 Å². The standard InChI is InChI=1S/C19H31N/c1-4-13-20-19(18-7-5-6-8-18)14-16-9-11-17(12-10-16)15(2)3/h9-12,15,18-20H,4-8,13-14H2,1-3H3. The summed E-state index contributed by atoms with van der Waals surface area (Å²) in [6.07, 6.45) is 8.14. The summed E-state index contributed by atoms with van der Waals surface area (Å²) in [5.41, 5.74) is 2.95. The maximum atomic E-state index is 3.80. The van der Waals surface area contributed by atoms with Gasteiger partial charge in [0.15, 0.2) is 0 Å². The first-order valence-corrected chi connectivity index (χ1v) is 8.53. The van der Waals surface area contributed by atoms with Gasteiger partial charge in [0.2, 0.25) is 0 Å². The molecule has 1 nitrogen and oxygen atoms in total. The Morgan fingerprint density at radius 2 is 1.75 bits per heavy atom. The highest BCUT2D eigenvalue weighted by Gasteiger charge is 2.24. The van der Waals surface area contributed by atoms with Crippen molar-refractivity contribution in [3.8, 4) is 0 Å². The van der Waals surface area contributed by atoms with Crippen LogP contribution in [-0.2, 0) is 6.42 Å². The Bertz CT molecular complexity index is 373. The summed E-state index contributed by atoms with van der Waals surface area (Å²) in [5.74, 6) is 1.53. The molecular formula is C19H31N. The average molecular weight is 273 g/mol. The van der Waals surface area contributed by atoms with Crippen molar-refractivity contribution < 1.29 is 0 Å². The van der Waals surface area contributed by atoms with Crippen molar-refractivity contribution in [1.29, 1.82) is 0 Å². The molecule has 20 heavy (non-hydrogen) atoms. The largest absolute Gasteiger partial charge is 0.313 e. The van der Waals surface area contributed by atoms with Crippen LogP contribution in [0.2, 0.25) is 0 Å². The van der Waals surface area contributed by atoms with Crippen molar-refractivity contribution in [2.45, 2.75) is 71.3 Å². The van der Waals surface area contributed by atoms with Crippen molar-refractivity contribution >= 4 is 0 Å². The Balaban J connectivity index is 1.98. The fourth-order valence-corrected chi connectivity index (χ4v) is 3.39. The van der Waals surface area contributed by atoms with Gasteiger partial charge in [0.1, 0.15) is 0 Å². The van der Waals surface area contributed by atoms with E-state index in [0.29, 0.717) is 12.0 Å². The highest BCUT2D eigenvalue weighted by atomic mass is 14.9. The van der Waals surface area contributed by atoms with Gasteiger partial charge in [0.05, 0.1) is 0 Å². The zero-order valence-electron chi connectivity index (χ0n) is 13.5. The molecule has 0 bridgehead atoms. The van der Waals surface area contributed by atoms with Gasteiger partial charge in [-0.1, -0.05) is 57.9 Å². The smallest absolute Gasteiger partial charge is 0.0136 e. The van der Waals surface area contributed by atoms with Gasteiger partial charge in [-0.2, -0.15) is 0 Å². The van der Waals surface area contributed by atoms with Crippen LogP contribution >= 0.6 is 0 Å². The zero-order valence-corrected chi connectivity index (χ0v) is 13.5. The molecule has 2 rings (SSSR count). The van der Waals surface area contributed by atoms with Gasteiger partial charge in [0.25, 0.3) is 0 Å². The van der Waals surface area contributed by atoms with Crippen LogP contribution in [0.15, 0.2) is 24.3 Å². The highest BCUT2D eigenvalue weighted by Crippen LogP contribution is 2.29. The number of rotatable bonds is 7. The lowest BCUT2D eigenvalue weighted by atomic mass is 9.91. The Morgan fingerprint density at radius 3 is 2.30 bits per heavy atom. The quantitative estimate of drug-likeness (QED) is 0.744. The molecule has 1 aliphatic carbocycles. The summed E-state index contributed by atoms with van der Waals surface area (Å²) >= 11 is 0. The number of hydrogen-bond donors (Lipinski definition) is 1. The third-order valence-electron chi connectivity index (χ3n) is 4.73. The van der Waals surface area contributed by atoms with E-state index in [1.165, 1.54) is 49.7 Å². The van der Waals surface area contributed by atoms with Crippen molar-refractivity contribution in [3.05, 3.63) is 35.4 Å². The van der Waals surface area contributed by atoms with Crippen LogP contribution in [0.3, 0.4) is 0 Å². The molecule has 112 valence electrons. The first-order valence-electron chi connectivity index (χ1n) is 8.53. The molecule has 1 atom stereocenters. The highest BCUT2D eigenvalue weighted by molar-refractivity contribution is 5.25. The van der Waals surface area contributed by atoms with Crippen molar-refractivity contribution in [3.63, 3.8) is 0 Å². The number of nitrogens with one attached hydrogen (secondary N) is 1. The zero-order chi connectivity index (χ0) is 14.4. The third-order valence-corrected chi connectivity index (χ3v) is 4.73. The molecule has 1 fully saturated rings. The first-order chi connectivity index (χ1) is 9.70. The molecule has 0 saturated heterocycles. The lowest BCUT2D eigenvalue weighted by Gasteiger charge is -2.25. The van der Waals surface area contributed by atoms with Gasteiger partial charge in [-0.05, 0) is 55.2 Å². The fraction of sp³-hybridized carbons (Fsp3) is 0.684. The molecule has 0 spiro atoms. The van der Waals surface area contributed by atoms with Crippen LogP contribution in [0.1, 0.15) is 69.9 Å². The van der Waals surface area contributed by atoms with Gasteiger partial charge in [-0.25, -0.2) is 0 Å². The minimum atomic E-state index is 0.632. The summed E-state index contributed by atoms with van der Waals surface area (Å²) < 4.78 is 0. The minimum Gasteiger partial charge on any atom is -0.313 e. The molecule has 1 aromatic rings. The van der Waals surface area contributed by atoms with E-state index >= 15 is 0 Å². The number of benzene rings is 1. The second-order valence-corrected chi connectivity index (χ2v) is 6.71. The summed E-state index contributed by atoms with van der Waals surface area (Å²) in [6.45, 7) is 7.94. The van der Waals surface area contributed by atoms with Gasteiger partial charge < -0.3 is 5.32 Å². The molecule has 1 saturated carbocycles. The lowest BCUT2D eigenvalue weighted by molar-refractivity contribution is 0.356. The van der Waals surface area contributed by atoms with Crippen LogP contribution in [0.5, 0.6) is 0 Å². The Kier molecular flexibility index (Phi) is 6.09. The molecule has 1 aromatic carbocycles. The Morgan fingerprint density at radius 1 is 1.10 bits per heavy atom. The molecule has 1 aliphatic rings. The third kappa shape index (κ3) is 4.34. The maximum Gasteiger partial charge on any atom is 0.0136 e. The van der Waals surface area contributed by atoms with Gasteiger partial charge in [0, 0.05) is 6.04 Å². The van der Waals surface area contributed by atoms with E-state index in [1.54, 1.807) is 0 Å². The second kappa shape index (κ2) is 7.83. The van der Waals surface area contributed by atoms with Gasteiger partial charge in [-0.3, -0.25) is 0 Å². The summed E-state index contributed by atoms with van der Waals surface area (Å²) in [4.78, 5) is 0. The fourth-order valence-electron chi connectivity index (χ4n) is 3.39. The van der Waals surface area contributed by atoms with Crippen molar-refractivity contribution in [2.75, 3.05) is 6.54 Å². The molecule has 0 aliphatic heterocycles. The molecule has 0 heterocycles. The van der Waals surface area contributed by atoms with Crippen molar-refractivity contribution in [1.82, 2.24) is 5.32 Å². The predicted octanol–water partition coefficient (Wildman–Crippen LogP) is 4.91. The summed E-state index contributed by atoms with van der Waals surface area (Å²) in [6, 6.07) is 9.98. The molecule has 0 amide bonds. The molecule has 0 radical (unpaired) electrons. The van der Waals surface area contributed by atoms with Gasteiger partial charge in [-0.15, -0.1) is 0 Å². The normalized spacial score (nSPS) is 17.8. The van der Waals surface area contributed by atoms with E-state index in [-0.39, 0.29) is 0 Å². The SMILES string of the molecule is CCCNC(Cc1ccc(C(C)C)cc1)C1CCCC1. The van der Waals surface area contributed by atoms with E-state index in [4.69, 9.17) is 0 Å². The Labute approximate surface area is 125 Å². The molecule has 1 unspecified atom stereocenters. The monoisotopic (exact) mass is 273 g/mol. The van der Waals surface area contributed by atoms with E-state index < -0.39 is 0 Å². The molecular weight excluding hydrogens is 242 g/mol. The molecule has 1 N–H and O–H groups in total. The summed E-state index contributed by atoms with van der Waals surface area (Å²) in [5, 5.41) is 3.80. The van der Waals surface area contributed by atoms with Crippen LogP contribution in [0, 0.1) is 5.92 Å². The molecule has 0 aromatic heterocycles. The average Bonchev–Trinajstić information content (AvgIpc) is 2.98.